The minimum absolute atomic E-state index is 0.0196. The van der Waals surface area contributed by atoms with Crippen molar-refractivity contribution in [3.8, 4) is 0 Å². The highest BCUT2D eigenvalue weighted by Gasteiger charge is 2.14. The van der Waals surface area contributed by atoms with Crippen LogP contribution in [0.3, 0.4) is 0 Å². The van der Waals surface area contributed by atoms with Crippen LogP contribution in [0.25, 0.3) is 21.9 Å². The Kier molecular flexibility index (Phi) is 5.16. The summed E-state index contributed by atoms with van der Waals surface area (Å²) < 4.78 is 1.35. The number of hydrogen-bond donors (Lipinski definition) is 2. The molecule has 0 bridgehead atoms. The van der Waals surface area contributed by atoms with Crippen LogP contribution in [-0.2, 0) is 17.8 Å². The summed E-state index contributed by atoms with van der Waals surface area (Å²) in [5, 5.41) is 3.89. The van der Waals surface area contributed by atoms with Crippen LogP contribution in [0.1, 0.15) is 24.5 Å². The Morgan fingerprint density at radius 3 is 2.79 bits per heavy atom. The zero-order valence-electron chi connectivity index (χ0n) is 16.6. The molecular formula is C23H24N4O2. The van der Waals surface area contributed by atoms with Gasteiger partial charge in [0.2, 0.25) is 5.91 Å². The van der Waals surface area contributed by atoms with Crippen LogP contribution in [0.2, 0.25) is 0 Å². The minimum atomic E-state index is -0.240. The van der Waals surface area contributed by atoms with E-state index in [1.54, 1.807) is 0 Å². The quantitative estimate of drug-likeness (QED) is 0.532. The van der Waals surface area contributed by atoms with Gasteiger partial charge in [0.15, 0.2) is 0 Å². The second-order valence-corrected chi connectivity index (χ2v) is 7.57. The van der Waals surface area contributed by atoms with Gasteiger partial charge in [0.05, 0.1) is 6.33 Å². The first-order valence-corrected chi connectivity index (χ1v) is 9.82. The minimum Gasteiger partial charge on any atom is -0.352 e. The van der Waals surface area contributed by atoms with Gasteiger partial charge in [-0.3, -0.25) is 14.2 Å². The number of nitrogens with zero attached hydrogens (tertiary/aromatic N) is 2. The van der Waals surface area contributed by atoms with Gasteiger partial charge in [0, 0.05) is 16.9 Å². The van der Waals surface area contributed by atoms with E-state index in [1.165, 1.54) is 16.5 Å². The Bertz CT molecular complexity index is 1220. The van der Waals surface area contributed by atoms with E-state index in [2.05, 4.69) is 27.4 Å². The number of amides is 1. The van der Waals surface area contributed by atoms with Crippen LogP contribution in [0.15, 0.2) is 59.7 Å². The number of aryl methyl sites for hydroxylation is 2. The van der Waals surface area contributed by atoms with Gasteiger partial charge in [-0.25, -0.2) is 4.98 Å². The molecule has 2 heterocycles. The molecule has 0 saturated heterocycles. The lowest BCUT2D eigenvalue weighted by atomic mass is 10.1. The number of aromatic nitrogens is 3. The normalized spacial score (nSPS) is 12.3. The number of rotatable bonds is 6. The van der Waals surface area contributed by atoms with E-state index < -0.39 is 0 Å². The van der Waals surface area contributed by atoms with E-state index >= 15 is 0 Å². The van der Waals surface area contributed by atoms with Gasteiger partial charge in [-0.1, -0.05) is 42.0 Å². The van der Waals surface area contributed by atoms with E-state index in [4.69, 9.17) is 0 Å². The van der Waals surface area contributed by atoms with Crippen molar-refractivity contribution in [2.75, 3.05) is 0 Å². The molecule has 6 nitrogen and oxygen atoms in total. The van der Waals surface area contributed by atoms with Crippen LogP contribution in [0.4, 0.5) is 0 Å². The maximum atomic E-state index is 12.8. The Morgan fingerprint density at radius 1 is 1.21 bits per heavy atom. The van der Waals surface area contributed by atoms with Crippen molar-refractivity contribution >= 4 is 27.8 Å². The fraction of sp³-hybridized carbons (Fsp3) is 0.261. The molecule has 0 aliphatic heterocycles. The third-order valence-electron chi connectivity index (χ3n) is 5.16. The number of carbonyl (C=O) groups excluding carboxylic acids is 1. The molecule has 4 rings (SSSR count). The smallest absolute Gasteiger partial charge is 0.278 e. The monoisotopic (exact) mass is 388 g/mol. The number of hydrogen-bond acceptors (Lipinski definition) is 3. The number of fused-ring (bicyclic) bond motifs is 3. The first-order chi connectivity index (χ1) is 14.0. The van der Waals surface area contributed by atoms with Gasteiger partial charge in [-0.05, 0) is 44.4 Å². The van der Waals surface area contributed by atoms with E-state index in [-0.39, 0.29) is 24.1 Å². The molecule has 0 unspecified atom stereocenters. The van der Waals surface area contributed by atoms with Crippen molar-refractivity contribution < 1.29 is 4.79 Å². The second-order valence-electron chi connectivity index (χ2n) is 7.57. The zero-order chi connectivity index (χ0) is 20.4. The van der Waals surface area contributed by atoms with Crippen molar-refractivity contribution in [1.82, 2.24) is 19.9 Å². The number of aromatic amines is 1. The topological polar surface area (TPSA) is 79.8 Å². The summed E-state index contributed by atoms with van der Waals surface area (Å²) in [4.78, 5) is 32.8. The average molecular weight is 388 g/mol. The molecule has 148 valence electrons. The van der Waals surface area contributed by atoms with Crippen molar-refractivity contribution in [2.24, 2.45) is 0 Å². The van der Waals surface area contributed by atoms with Crippen molar-refractivity contribution in [2.45, 2.75) is 39.3 Å². The summed E-state index contributed by atoms with van der Waals surface area (Å²) in [6.07, 6.45) is 3.18. The highest BCUT2D eigenvalue weighted by atomic mass is 16.2. The molecule has 29 heavy (non-hydrogen) atoms. The van der Waals surface area contributed by atoms with Crippen LogP contribution < -0.4 is 10.9 Å². The van der Waals surface area contributed by atoms with E-state index in [0.717, 1.165) is 29.3 Å². The first-order valence-electron chi connectivity index (χ1n) is 9.82. The van der Waals surface area contributed by atoms with Crippen LogP contribution in [0.5, 0.6) is 0 Å². The number of H-pyrrole nitrogens is 1. The molecule has 2 aromatic carbocycles. The van der Waals surface area contributed by atoms with Gasteiger partial charge in [0.1, 0.15) is 17.6 Å². The predicted molar refractivity (Wildman–Crippen MR) is 115 cm³/mol. The fourth-order valence-corrected chi connectivity index (χ4v) is 3.59. The van der Waals surface area contributed by atoms with E-state index in [0.29, 0.717) is 11.0 Å². The molecule has 2 N–H and O–H groups in total. The van der Waals surface area contributed by atoms with Crippen molar-refractivity contribution in [3.63, 3.8) is 0 Å². The van der Waals surface area contributed by atoms with Crippen LogP contribution in [-0.4, -0.2) is 26.5 Å². The molecular weight excluding hydrogens is 364 g/mol. The lowest BCUT2D eigenvalue weighted by molar-refractivity contribution is -0.122. The van der Waals surface area contributed by atoms with Gasteiger partial charge >= 0.3 is 0 Å². The van der Waals surface area contributed by atoms with E-state index in [9.17, 15) is 9.59 Å². The number of nitrogens with one attached hydrogen (secondary N) is 2. The van der Waals surface area contributed by atoms with Crippen molar-refractivity contribution in [1.29, 1.82) is 0 Å². The summed E-state index contributed by atoms with van der Waals surface area (Å²) in [6.45, 7) is 3.93. The Balaban J connectivity index is 1.46. The third-order valence-corrected chi connectivity index (χ3v) is 5.16. The highest BCUT2D eigenvalue weighted by molar-refractivity contribution is 6.04. The molecule has 0 fully saturated rings. The largest absolute Gasteiger partial charge is 0.352 e. The van der Waals surface area contributed by atoms with E-state index in [1.807, 2.05) is 50.2 Å². The van der Waals surface area contributed by atoms with Gasteiger partial charge in [0.25, 0.3) is 5.56 Å². The SMILES string of the molecule is Cc1ccc2[nH]c3c(=O)n(CC(=O)N[C@H](C)CCc4ccccc4)cnc3c2c1. The lowest BCUT2D eigenvalue weighted by Gasteiger charge is -2.14. The summed E-state index contributed by atoms with van der Waals surface area (Å²) in [5.41, 5.74) is 4.05. The number of carbonyl (C=O) groups is 1. The van der Waals surface area contributed by atoms with Gasteiger partial charge < -0.3 is 10.3 Å². The molecule has 1 atom stereocenters. The van der Waals surface area contributed by atoms with Crippen LogP contribution >= 0.6 is 0 Å². The maximum Gasteiger partial charge on any atom is 0.278 e. The summed E-state index contributed by atoms with van der Waals surface area (Å²) >= 11 is 0. The Hall–Kier alpha value is -3.41. The molecule has 0 spiro atoms. The molecule has 1 amide bonds. The fourth-order valence-electron chi connectivity index (χ4n) is 3.59. The lowest BCUT2D eigenvalue weighted by Crippen LogP contribution is -2.37. The molecule has 2 aromatic heterocycles. The molecule has 0 aliphatic carbocycles. The number of benzene rings is 2. The first kappa shape index (κ1) is 18.9. The highest BCUT2D eigenvalue weighted by Crippen LogP contribution is 2.22. The van der Waals surface area contributed by atoms with Crippen LogP contribution in [0, 0.1) is 6.92 Å². The maximum absolute atomic E-state index is 12.8. The standard InChI is InChI=1S/C23H24N4O2/c1-15-8-11-19-18(12-15)21-22(26-19)23(29)27(14-24-21)13-20(28)25-16(2)9-10-17-6-4-3-5-7-17/h3-8,11-12,14,16,26H,9-10,13H2,1-2H3,(H,25,28)/t16-/m1/s1. The summed E-state index contributed by atoms with van der Waals surface area (Å²) in [7, 11) is 0. The molecule has 6 heteroatoms. The Labute approximate surface area is 168 Å². The molecule has 0 aliphatic rings. The second kappa shape index (κ2) is 7.91. The molecule has 0 saturated carbocycles. The summed E-state index contributed by atoms with van der Waals surface area (Å²) in [6, 6.07) is 16.1. The summed E-state index contributed by atoms with van der Waals surface area (Å²) in [5.74, 6) is -0.194. The average Bonchev–Trinajstić information content (AvgIpc) is 3.08. The van der Waals surface area contributed by atoms with Gasteiger partial charge in [-0.2, -0.15) is 0 Å². The predicted octanol–water partition coefficient (Wildman–Crippen LogP) is 3.32. The van der Waals surface area contributed by atoms with Gasteiger partial charge in [-0.15, -0.1) is 0 Å². The third kappa shape index (κ3) is 4.06. The van der Waals surface area contributed by atoms with Crippen molar-refractivity contribution in [3.05, 3.63) is 76.3 Å². The molecule has 4 aromatic rings. The zero-order valence-corrected chi connectivity index (χ0v) is 16.6. The Morgan fingerprint density at radius 2 is 2.00 bits per heavy atom. The molecule has 0 radical (unpaired) electrons.